The third-order valence-electron chi connectivity index (χ3n) is 4.09. The molecule has 1 amide bonds. The van der Waals surface area contributed by atoms with Crippen molar-refractivity contribution in [1.82, 2.24) is 4.90 Å². The van der Waals surface area contributed by atoms with Crippen LogP contribution in [-0.4, -0.2) is 36.0 Å². The molecule has 1 saturated heterocycles. The fourth-order valence-corrected chi connectivity index (χ4v) is 3.01. The summed E-state index contributed by atoms with van der Waals surface area (Å²) in [6.45, 7) is 0.924. The number of hydrogen-bond donors (Lipinski definition) is 0. The van der Waals surface area contributed by atoms with Crippen LogP contribution in [0.15, 0.2) is 30.3 Å². The van der Waals surface area contributed by atoms with Crippen molar-refractivity contribution in [2.45, 2.75) is 19.2 Å². The van der Waals surface area contributed by atoms with Gasteiger partial charge in [-0.3, -0.25) is 4.79 Å². The quantitative estimate of drug-likeness (QED) is 0.832. The molecule has 1 aliphatic heterocycles. The Morgan fingerprint density at radius 3 is 2.75 bits per heavy atom. The lowest BCUT2D eigenvalue weighted by molar-refractivity contribution is -0.124. The summed E-state index contributed by atoms with van der Waals surface area (Å²) in [6, 6.07) is 9.41. The Kier molecular flexibility index (Phi) is 3.42. The lowest BCUT2D eigenvalue weighted by atomic mass is 10.0. The summed E-state index contributed by atoms with van der Waals surface area (Å²) in [5, 5.41) is 0. The van der Waals surface area contributed by atoms with Gasteiger partial charge in [-0.1, -0.05) is 30.3 Å². The number of ether oxygens (including phenoxy) is 1. The van der Waals surface area contributed by atoms with Gasteiger partial charge in [-0.15, -0.1) is 0 Å². The summed E-state index contributed by atoms with van der Waals surface area (Å²) in [5.41, 5.74) is 0.917. The number of hydrogen-bond acceptors (Lipinski definition) is 3. The van der Waals surface area contributed by atoms with Gasteiger partial charge in [-0.05, 0) is 17.9 Å². The number of Topliss-reactive ketones (excluding diaryl/α,β-unsaturated/α-hetero) is 1. The fourth-order valence-electron chi connectivity index (χ4n) is 3.01. The van der Waals surface area contributed by atoms with Crippen molar-refractivity contribution < 1.29 is 18.7 Å². The Bertz CT molecular complexity index is 519. The van der Waals surface area contributed by atoms with Gasteiger partial charge in [-0.25, -0.2) is 9.18 Å². The number of fused-ring (bicyclic) bond motifs is 1. The Morgan fingerprint density at radius 2 is 2.05 bits per heavy atom. The number of amides is 1. The number of rotatable bonds is 2. The highest BCUT2D eigenvalue weighted by Crippen LogP contribution is 2.37. The summed E-state index contributed by atoms with van der Waals surface area (Å²) in [4.78, 5) is 25.0. The van der Waals surface area contributed by atoms with E-state index in [4.69, 9.17) is 4.74 Å². The molecule has 2 fully saturated rings. The van der Waals surface area contributed by atoms with Crippen molar-refractivity contribution in [3.05, 3.63) is 35.9 Å². The summed E-state index contributed by atoms with van der Waals surface area (Å²) in [5.74, 6) is -0.732. The summed E-state index contributed by atoms with van der Waals surface area (Å²) in [6.07, 6.45) is -1.52. The maximum Gasteiger partial charge on any atom is 0.410 e. The van der Waals surface area contributed by atoms with E-state index < -0.39 is 12.3 Å². The van der Waals surface area contributed by atoms with E-state index in [1.54, 1.807) is 0 Å². The van der Waals surface area contributed by atoms with Gasteiger partial charge in [0.2, 0.25) is 0 Å². The van der Waals surface area contributed by atoms with E-state index >= 15 is 0 Å². The second-order valence-electron chi connectivity index (χ2n) is 5.42. The first-order valence-corrected chi connectivity index (χ1v) is 6.78. The van der Waals surface area contributed by atoms with E-state index in [-0.39, 0.29) is 37.2 Å². The smallest absolute Gasteiger partial charge is 0.410 e. The van der Waals surface area contributed by atoms with E-state index in [0.29, 0.717) is 6.54 Å². The van der Waals surface area contributed by atoms with E-state index in [2.05, 4.69) is 0 Å². The third kappa shape index (κ3) is 2.40. The minimum atomic E-state index is -1.34. The average Bonchev–Trinajstić information content (AvgIpc) is 2.98. The van der Waals surface area contributed by atoms with Crippen LogP contribution in [0.1, 0.15) is 12.0 Å². The van der Waals surface area contributed by atoms with Crippen LogP contribution >= 0.6 is 0 Å². The van der Waals surface area contributed by atoms with Gasteiger partial charge in [0.1, 0.15) is 6.61 Å². The molecule has 4 nitrogen and oxygen atoms in total. The molecule has 0 spiro atoms. The van der Waals surface area contributed by atoms with E-state index in [9.17, 15) is 14.0 Å². The molecule has 1 aromatic rings. The van der Waals surface area contributed by atoms with Crippen molar-refractivity contribution in [3.8, 4) is 0 Å². The Hall–Kier alpha value is -1.91. The molecule has 0 radical (unpaired) electrons. The standard InChI is InChI=1S/C15H16FNO3/c16-13-6-11-7-17(8-12(11)14(13)18)15(19)20-9-10-4-2-1-3-5-10/h1-5,11-13H,6-9H2/t11-,12+,13-/m0/s1. The van der Waals surface area contributed by atoms with Crippen LogP contribution in [0, 0.1) is 11.8 Å². The number of likely N-dealkylation sites (tertiary alicyclic amines) is 1. The minimum Gasteiger partial charge on any atom is -0.445 e. The molecule has 2 aliphatic rings. The molecule has 1 saturated carbocycles. The third-order valence-corrected chi connectivity index (χ3v) is 4.09. The van der Waals surface area contributed by atoms with Gasteiger partial charge < -0.3 is 9.64 Å². The zero-order valence-corrected chi connectivity index (χ0v) is 11.0. The normalized spacial score (nSPS) is 28.6. The first-order valence-electron chi connectivity index (χ1n) is 6.78. The maximum absolute atomic E-state index is 13.3. The molecule has 20 heavy (non-hydrogen) atoms. The number of benzene rings is 1. The molecule has 0 aromatic heterocycles. The van der Waals surface area contributed by atoms with Crippen LogP contribution in [0.2, 0.25) is 0 Å². The Balaban J connectivity index is 1.54. The molecule has 1 aromatic carbocycles. The molecular weight excluding hydrogens is 261 g/mol. The van der Waals surface area contributed by atoms with Crippen molar-refractivity contribution in [1.29, 1.82) is 0 Å². The van der Waals surface area contributed by atoms with Crippen LogP contribution in [0.3, 0.4) is 0 Å². The largest absolute Gasteiger partial charge is 0.445 e. The van der Waals surface area contributed by atoms with Gasteiger partial charge in [0.05, 0.1) is 0 Å². The average molecular weight is 277 g/mol. The van der Waals surface area contributed by atoms with E-state index in [0.717, 1.165) is 5.56 Å². The van der Waals surface area contributed by atoms with E-state index in [1.807, 2.05) is 30.3 Å². The number of nitrogens with zero attached hydrogens (tertiary/aromatic N) is 1. The monoisotopic (exact) mass is 277 g/mol. The Morgan fingerprint density at radius 1 is 1.30 bits per heavy atom. The van der Waals surface area contributed by atoms with Crippen molar-refractivity contribution in [2.75, 3.05) is 13.1 Å². The zero-order chi connectivity index (χ0) is 14.1. The first kappa shape index (κ1) is 13.1. The van der Waals surface area contributed by atoms with Crippen LogP contribution in [0.4, 0.5) is 9.18 Å². The predicted octanol–water partition coefficient (Wildman–Crippen LogP) is 2.18. The molecule has 3 rings (SSSR count). The number of alkyl halides is 1. The van der Waals surface area contributed by atoms with Gasteiger partial charge in [-0.2, -0.15) is 0 Å². The van der Waals surface area contributed by atoms with Crippen LogP contribution in [0.25, 0.3) is 0 Å². The molecule has 0 bridgehead atoms. The number of carbonyl (C=O) groups excluding carboxylic acids is 2. The first-order chi connectivity index (χ1) is 9.65. The summed E-state index contributed by atoms with van der Waals surface area (Å²) >= 11 is 0. The molecular formula is C15H16FNO3. The highest BCUT2D eigenvalue weighted by Gasteiger charge is 2.49. The van der Waals surface area contributed by atoms with Crippen LogP contribution < -0.4 is 0 Å². The number of halogens is 1. The number of carbonyl (C=O) groups is 2. The maximum atomic E-state index is 13.3. The topological polar surface area (TPSA) is 46.6 Å². The fraction of sp³-hybridized carbons (Fsp3) is 0.467. The van der Waals surface area contributed by atoms with Gasteiger partial charge in [0, 0.05) is 19.0 Å². The summed E-state index contributed by atoms with van der Waals surface area (Å²) < 4.78 is 18.5. The highest BCUT2D eigenvalue weighted by molar-refractivity contribution is 5.89. The lowest BCUT2D eigenvalue weighted by Crippen LogP contribution is -2.32. The Labute approximate surface area is 116 Å². The van der Waals surface area contributed by atoms with Gasteiger partial charge in [0.15, 0.2) is 12.0 Å². The van der Waals surface area contributed by atoms with Crippen LogP contribution in [-0.2, 0) is 16.1 Å². The second kappa shape index (κ2) is 5.23. The highest BCUT2D eigenvalue weighted by atomic mass is 19.1. The molecule has 0 N–H and O–H groups in total. The molecule has 106 valence electrons. The zero-order valence-electron chi connectivity index (χ0n) is 11.0. The van der Waals surface area contributed by atoms with Gasteiger partial charge >= 0.3 is 6.09 Å². The van der Waals surface area contributed by atoms with E-state index in [1.165, 1.54) is 4.90 Å². The minimum absolute atomic E-state index is 0.0400. The predicted molar refractivity (Wildman–Crippen MR) is 69.7 cm³/mol. The van der Waals surface area contributed by atoms with Crippen molar-refractivity contribution in [2.24, 2.45) is 11.8 Å². The number of ketones is 1. The molecule has 3 atom stereocenters. The van der Waals surface area contributed by atoms with Crippen molar-refractivity contribution in [3.63, 3.8) is 0 Å². The summed E-state index contributed by atoms with van der Waals surface area (Å²) in [7, 11) is 0. The van der Waals surface area contributed by atoms with Crippen molar-refractivity contribution >= 4 is 11.9 Å². The SMILES string of the molecule is O=C1[C@@H](F)C[C@H]2CN(C(=O)OCc3ccccc3)C[C@@H]12. The second-order valence-corrected chi connectivity index (χ2v) is 5.42. The van der Waals surface area contributed by atoms with Crippen LogP contribution in [0.5, 0.6) is 0 Å². The van der Waals surface area contributed by atoms with Gasteiger partial charge in [0.25, 0.3) is 0 Å². The molecule has 0 unspecified atom stereocenters. The lowest BCUT2D eigenvalue weighted by Gasteiger charge is -2.17. The molecule has 1 heterocycles. The molecule has 1 aliphatic carbocycles. The molecule has 5 heteroatoms.